The van der Waals surface area contributed by atoms with E-state index in [1.54, 1.807) is 5.57 Å². The smallest absolute Gasteiger partial charge is 0.302 e. The summed E-state index contributed by atoms with van der Waals surface area (Å²) in [6.07, 6.45) is 14.9. The number of allylic oxidation sites excluding steroid dienone is 1. The van der Waals surface area contributed by atoms with Gasteiger partial charge in [-0.2, -0.15) is 0 Å². The van der Waals surface area contributed by atoms with E-state index in [9.17, 15) is 4.79 Å². The molecular formula is C26H33NO3. The van der Waals surface area contributed by atoms with E-state index >= 15 is 0 Å². The van der Waals surface area contributed by atoms with Gasteiger partial charge in [-0.25, -0.2) is 0 Å². The number of ether oxygens (including phenoxy) is 2. The van der Waals surface area contributed by atoms with Crippen molar-refractivity contribution < 1.29 is 14.3 Å². The van der Waals surface area contributed by atoms with Crippen molar-refractivity contribution in [1.82, 2.24) is 4.98 Å². The van der Waals surface area contributed by atoms with Crippen molar-refractivity contribution in [2.45, 2.75) is 83.5 Å². The molecule has 160 valence electrons. The summed E-state index contributed by atoms with van der Waals surface area (Å²) in [5.41, 5.74) is 3.23. The van der Waals surface area contributed by atoms with Gasteiger partial charge in [-0.3, -0.25) is 9.78 Å². The minimum Gasteiger partial charge on any atom is -0.462 e. The van der Waals surface area contributed by atoms with Gasteiger partial charge in [0.1, 0.15) is 11.7 Å². The van der Waals surface area contributed by atoms with E-state index in [-0.39, 0.29) is 28.5 Å². The largest absolute Gasteiger partial charge is 0.462 e. The van der Waals surface area contributed by atoms with Crippen LogP contribution in [0.15, 0.2) is 36.2 Å². The molecule has 0 bridgehead atoms. The molecule has 4 nitrogen and oxygen atoms in total. The number of aromatic nitrogens is 1. The first-order chi connectivity index (χ1) is 14.4. The van der Waals surface area contributed by atoms with Crippen molar-refractivity contribution in [2.75, 3.05) is 0 Å². The van der Waals surface area contributed by atoms with Crippen LogP contribution >= 0.6 is 0 Å². The molecule has 3 saturated carbocycles. The number of rotatable bonds is 2. The summed E-state index contributed by atoms with van der Waals surface area (Å²) >= 11 is 0. The fraction of sp³-hybridized carbons (Fsp3) is 0.692. The van der Waals surface area contributed by atoms with Crippen molar-refractivity contribution in [1.29, 1.82) is 0 Å². The van der Waals surface area contributed by atoms with E-state index in [1.807, 2.05) is 12.4 Å². The highest BCUT2D eigenvalue weighted by molar-refractivity contribution is 5.66. The molecule has 1 aromatic rings. The standard InChI is InChI=1S/C26H33NO3/c1-16(28)29-19-8-10-24(2)17(13-19)6-7-20-21(24)9-11-25(3)22(20)14-23-26(25,30-23)18-5-4-12-27-15-18/h4-6,12,15,19-23H,7-11,13-14H2,1-3H3/t19?,20?,21?,22?,23?,24-,25-,26?/m0/s1. The third kappa shape index (κ3) is 2.32. The Balaban J connectivity index is 1.30. The van der Waals surface area contributed by atoms with Crippen molar-refractivity contribution >= 4 is 5.97 Å². The van der Waals surface area contributed by atoms with E-state index < -0.39 is 0 Å². The molecule has 0 spiro atoms. The Morgan fingerprint density at radius 1 is 1.23 bits per heavy atom. The summed E-state index contributed by atoms with van der Waals surface area (Å²) in [4.78, 5) is 15.9. The van der Waals surface area contributed by atoms with Gasteiger partial charge in [0.05, 0.1) is 6.10 Å². The number of esters is 1. The fourth-order valence-corrected chi connectivity index (χ4v) is 8.48. The van der Waals surface area contributed by atoms with E-state index in [1.165, 1.54) is 38.2 Å². The second-order valence-corrected chi connectivity index (χ2v) is 11.0. The maximum Gasteiger partial charge on any atom is 0.302 e. The van der Waals surface area contributed by atoms with Gasteiger partial charge in [0.25, 0.3) is 0 Å². The van der Waals surface area contributed by atoms with E-state index in [2.05, 4.69) is 37.0 Å². The Kier molecular flexibility index (Phi) is 3.92. The zero-order valence-electron chi connectivity index (χ0n) is 18.4. The third-order valence-corrected chi connectivity index (χ3v) is 9.91. The molecule has 30 heavy (non-hydrogen) atoms. The quantitative estimate of drug-likeness (QED) is 0.385. The highest BCUT2D eigenvalue weighted by Crippen LogP contribution is 2.76. The Bertz CT molecular complexity index is 912. The number of nitrogens with zero attached hydrogens (tertiary/aromatic N) is 1. The summed E-state index contributed by atoms with van der Waals surface area (Å²) in [7, 11) is 0. The maximum atomic E-state index is 11.5. The molecule has 2 heterocycles. The van der Waals surface area contributed by atoms with Crippen LogP contribution in [-0.4, -0.2) is 23.2 Å². The highest BCUT2D eigenvalue weighted by Gasteiger charge is 2.77. The normalized spacial score (nSPS) is 48.5. The predicted molar refractivity (Wildman–Crippen MR) is 113 cm³/mol. The first-order valence-electron chi connectivity index (χ1n) is 11.8. The summed E-state index contributed by atoms with van der Waals surface area (Å²) in [6, 6.07) is 4.28. The molecule has 0 N–H and O–H groups in total. The number of hydrogen-bond acceptors (Lipinski definition) is 4. The van der Waals surface area contributed by atoms with Gasteiger partial charge in [-0.1, -0.05) is 31.6 Å². The molecule has 5 aliphatic rings. The predicted octanol–water partition coefficient (Wildman–Crippen LogP) is 5.18. The van der Waals surface area contributed by atoms with E-state index in [0.717, 1.165) is 37.0 Å². The maximum absolute atomic E-state index is 11.5. The SMILES string of the molecule is CC(=O)OC1CC[C@@]2(C)C(=CCC3C2CC[C@@]2(C)C3CC3OC32c2cccnc2)C1. The van der Waals surface area contributed by atoms with Crippen molar-refractivity contribution in [2.24, 2.45) is 28.6 Å². The molecule has 0 aromatic carbocycles. The second-order valence-electron chi connectivity index (χ2n) is 11.0. The summed E-state index contributed by atoms with van der Waals surface area (Å²) in [5, 5.41) is 0. The average Bonchev–Trinajstić information content (AvgIpc) is 3.40. The summed E-state index contributed by atoms with van der Waals surface area (Å²) < 4.78 is 12.0. The van der Waals surface area contributed by atoms with Crippen LogP contribution < -0.4 is 0 Å². The number of carbonyl (C=O) groups is 1. The molecule has 6 unspecified atom stereocenters. The van der Waals surface area contributed by atoms with Gasteiger partial charge in [0.15, 0.2) is 0 Å². The lowest BCUT2D eigenvalue weighted by atomic mass is 9.47. The van der Waals surface area contributed by atoms with Crippen molar-refractivity contribution in [3.63, 3.8) is 0 Å². The van der Waals surface area contributed by atoms with Gasteiger partial charge in [-0.05, 0) is 67.8 Å². The Hall–Kier alpha value is -1.68. The van der Waals surface area contributed by atoms with Crippen LogP contribution in [0.25, 0.3) is 0 Å². The first kappa shape index (κ1) is 19.0. The van der Waals surface area contributed by atoms with Gasteiger partial charge < -0.3 is 9.47 Å². The number of hydrogen-bond donors (Lipinski definition) is 0. The van der Waals surface area contributed by atoms with Gasteiger partial charge in [-0.15, -0.1) is 0 Å². The molecule has 4 fully saturated rings. The monoisotopic (exact) mass is 407 g/mol. The van der Waals surface area contributed by atoms with Crippen LogP contribution in [0.3, 0.4) is 0 Å². The fourth-order valence-electron chi connectivity index (χ4n) is 8.48. The first-order valence-corrected chi connectivity index (χ1v) is 11.8. The molecule has 4 heteroatoms. The minimum absolute atomic E-state index is 0.0774. The number of fused-ring (bicyclic) bond motifs is 7. The molecule has 1 saturated heterocycles. The average molecular weight is 408 g/mol. The Labute approximate surface area is 179 Å². The molecule has 6 rings (SSSR count). The second kappa shape index (κ2) is 6.18. The minimum atomic E-state index is -0.141. The van der Waals surface area contributed by atoms with Gasteiger partial charge in [0.2, 0.25) is 0 Å². The van der Waals surface area contributed by atoms with E-state index in [0.29, 0.717) is 6.10 Å². The van der Waals surface area contributed by atoms with E-state index in [4.69, 9.17) is 9.47 Å². The molecule has 1 aliphatic heterocycles. The van der Waals surface area contributed by atoms with Crippen LogP contribution in [0.1, 0.15) is 71.3 Å². The van der Waals surface area contributed by atoms with Crippen LogP contribution in [0, 0.1) is 28.6 Å². The Morgan fingerprint density at radius 2 is 2.10 bits per heavy atom. The molecule has 0 radical (unpaired) electrons. The zero-order chi connectivity index (χ0) is 20.7. The lowest BCUT2D eigenvalue weighted by molar-refractivity contribution is -0.149. The summed E-state index contributed by atoms with van der Waals surface area (Å²) in [5.74, 6) is 2.07. The lowest BCUT2D eigenvalue weighted by Gasteiger charge is -2.58. The lowest BCUT2D eigenvalue weighted by Crippen LogP contribution is -2.52. The summed E-state index contributed by atoms with van der Waals surface area (Å²) in [6.45, 7) is 6.55. The van der Waals surface area contributed by atoms with Crippen LogP contribution in [0.2, 0.25) is 0 Å². The van der Waals surface area contributed by atoms with Gasteiger partial charge >= 0.3 is 5.97 Å². The van der Waals surface area contributed by atoms with Gasteiger partial charge in [0, 0.05) is 36.7 Å². The topological polar surface area (TPSA) is 51.7 Å². The van der Waals surface area contributed by atoms with Crippen LogP contribution in [0.5, 0.6) is 0 Å². The highest BCUT2D eigenvalue weighted by atomic mass is 16.6. The molecule has 4 aliphatic carbocycles. The van der Waals surface area contributed by atoms with Crippen LogP contribution in [-0.2, 0) is 19.9 Å². The molecule has 8 atom stereocenters. The molecule has 1 aromatic heterocycles. The van der Waals surface area contributed by atoms with Crippen molar-refractivity contribution in [3.8, 4) is 0 Å². The zero-order valence-corrected chi connectivity index (χ0v) is 18.4. The third-order valence-electron chi connectivity index (χ3n) is 9.91. The number of pyridine rings is 1. The van der Waals surface area contributed by atoms with Crippen molar-refractivity contribution in [3.05, 3.63) is 41.7 Å². The van der Waals surface area contributed by atoms with Crippen LogP contribution in [0.4, 0.5) is 0 Å². The number of carbonyl (C=O) groups excluding carboxylic acids is 1. The Morgan fingerprint density at radius 3 is 2.87 bits per heavy atom. The molecule has 0 amide bonds. The number of epoxide rings is 1. The molecular weight excluding hydrogens is 374 g/mol.